The standard InChI is InChI=1S/C12H16N6/c1-17-15-12(14-16-17)8-18-5-4-9-2-3-11(13)6-10(9)7-18/h2-3,6H,4-5,7-8,13H2,1H3. The molecule has 0 saturated heterocycles. The van der Waals surface area contributed by atoms with Crippen molar-refractivity contribution < 1.29 is 0 Å². The highest BCUT2D eigenvalue weighted by Crippen LogP contribution is 2.21. The molecule has 18 heavy (non-hydrogen) atoms. The Morgan fingerprint density at radius 1 is 1.33 bits per heavy atom. The first-order valence-electron chi connectivity index (χ1n) is 6.03. The topological polar surface area (TPSA) is 72.9 Å². The highest BCUT2D eigenvalue weighted by Gasteiger charge is 2.17. The van der Waals surface area contributed by atoms with Crippen molar-refractivity contribution in [2.75, 3.05) is 12.3 Å². The molecule has 1 aliphatic heterocycles. The summed E-state index contributed by atoms with van der Waals surface area (Å²) >= 11 is 0. The molecule has 0 radical (unpaired) electrons. The Balaban J connectivity index is 1.74. The van der Waals surface area contributed by atoms with Crippen LogP contribution in [0.5, 0.6) is 0 Å². The highest BCUT2D eigenvalue weighted by atomic mass is 15.6. The summed E-state index contributed by atoms with van der Waals surface area (Å²) in [6, 6.07) is 6.16. The molecule has 0 amide bonds. The highest BCUT2D eigenvalue weighted by molar-refractivity contribution is 5.45. The van der Waals surface area contributed by atoms with Gasteiger partial charge in [-0.15, -0.1) is 10.2 Å². The monoisotopic (exact) mass is 244 g/mol. The first-order chi connectivity index (χ1) is 8.70. The third-order valence-corrected chi connectivity index (χ3v) is 3.24. The Hall–Kier alpha value is -1.95. The Bertz CT molecular complexity index is 561. The van der Waals surface area contributed by atoms with Gasteiger partial charge in [-0.05, 0) is 34.9 Å². The number of nitrogen functional groups attached to an aromatic ring is 1. The van der Waals surface area contributed by atoms with E-state index in [2.05, 4.69) is 32.4 Å². The van der Waals surface area contributed by atoms with Crippen LogP contribution in [0.4, 0.5) is 5.69 Å². The molecular formula is C12H16N6. The Morgan fingerprint density at radius 3 is 3.00 bits per heavy atom. The summed E-state index contributed by atoms with van der Waals surface area (Å²) in [7, 11) is 1.78. The van der Waals surface area contributed by atoms with Crippen molar-refractivity contribution in [3.63, 3.8) is 0 Å². The minimum absolute atomic E-state index is 0.738. The van der Waals surface area contributed by atoms with Crippen LogP contribution in [0.15, 0.2) is 18.2 Å². The largest absolute Gasteiger partial charge is 0.399 e. The summed E-state index contributed by atoms with van der Waals surface area (Å²) < 4.78 is 0. The van der Waals surface area contributed by atoms with Gasteiger partial charge < -0.3 is 5.73 Å². The van der Waals surface area contributed by atoms with Crippen molar-refractivity contribution in [3.8, 4) is 0 Å². The number of hydrogen-bond donors (Lipinski definition) is 1. The Kier molecular flexibility index (Phi) is 2.71. The lowest BCUT2D eigenvalue weighted by molar-refractivity contribution is 0.239. The van der Waals surface area contributed by atoms with Crippen LogP contribution in [0.3, 0.4) is 0 Å². The van der Waals surface area contributed by atoms with Crippen molar-refractivity contribution >= 4 is 5.69 Å². The number of rotatable bonds is 2. The maximum atomic E-state index is 5.83. The van der Waals surface area contributed by atoms with Gasteiger partial charge in [-0.3, -0.25) is 4.90 Å². The SMILES string of the molecule is Cn1nnc(CN2CCc3ccc(N)cc3C2)n1. The zero-order chi connectivity index (χ0) is 12.5. The van der Waals surface area contributed by atoms with Crippen LogP contribution < -0.4 is 5.73 Å². The van der Waals surface area contributed by atoms with E-state index in [4.69, 9.17) is 5.73 Å². The molecule has 2 aromatic rings. The van der Waals surface area contributed by atoms with E-state index in [0.29, 0.717) is 0 Å². The zero-order valence-corrected chi connectivity index (χ0v) is 10.4. The fraction of sp³-hybridized carbons (Fsp3) is 0.417. The lowest BCUT2D eigenvalue weighted by Crippen LogP contribution is -2.30. The van der Waals surface area contributed by atoms with Gasteiger partial charge in [0.2, 0.25) is 0 Å². The molecule has 2 N–H and O–H groups in total. The fourth-order valence-corrected chi connectivity index (χ4v) is 2.36. The van der Waals surface area contributed by atoms with Gasteiger partial charge in [0.15, 0.2) is 5.82 Å². The predicted octanol–water partition coefficient (Wildman–Crippen LogP) is 0.351. The van der Waals surface area contributed by atoms with Crippen LogP contribution in [0.1, 0.15) is 17.0 Å². The molecule has 6 heteroatoms. The van der Waals surface area contributed by atoms with E-state index >= 15 is 0 Å². The molecular weight excluding hydrogens is 228 g/mol. The Labute approximate surface area is 105 Å². The van der Waals surface area contributed by atoms with E-state index in [-0.39, 0.29) is 0 Å². The minimum atomic E-state index is 0.738. The number of tetrazole rings is 1. The average Bonchev–Trinajstić information content (AvgIpc) is 2.74. The number of aryl methyl sites for hydroxylation is 1. The number of hydrogen-bond acceptors (Lipinski definition) is 5. The smallest absolute Gasteiger partial charge is 0.188 e. The summed E-state index contributed by atoms with van der Waals surface area (Å²) in [6.07, 6.45) is 1.05. The summed E-state index contributed by atoms with van der Waals surface area (Å²) in [6.45, 7) is 2.66. The van der Waals surface area contributed by atoms with Crippen LogP contribution in [-0.4, -0.2) is 31.7 Å². The molecule has 0 saturated carbocycles. The van der Waals surface area contributed by atoms with E-state index in [1.165, 1.54) is 15.9 Å². The van der Waals surface area contributed by atoms with E-state index < -0.39 is 0 Å². The first kappa shape index (κ1) is 11.2. The summed E-state index contributed by atoms with van der Waals surface area (Å²) in [4.78, 5) is 3.81. The van der Waals surface area contributed by atoms with Crippen LogP contribution in [0, 0.1) is 0 Å². The lowest BCUT2D eigenvalue weighted by Gasteiger charge is -2.27. The number of nitrogens with zero attached hydrogens (tertiary/aromatic N) is 5. The van der Waals surface area contributed by atoms with Crippen LogP contribution in [0.2, 0.25) is 0 Å². The summed E-state index contributed by atoms with van der Waals surface area (Å²) in [5.74, 6) is 0.768. The van der Waals surface area contributed by atoms with Crippen molar-refractivity contribution in [3.05, 3.63) is 35.2 Å². The summed E-state index contributed by atoms with van der Waals surface area (Å²) in [5.41, 5.74) is 9.36. The number of benzene rings is 1. The quantitative estimate of drug-likeness (QED) is 0.772. The summed E-state index contributed by atoms with van der Waals surface area (Å²) in [5, 5.41) is 12.1. The molecule has 1 aromatic heterocycles. The normalized spacial score (nSPS) is 15.6. The molecule has 0 atom stereocenters. The number of fused-ring (bicyclic) bond motifs is 1. The van der Waals surface area contributed by atoms with E-state index in [9.17, 15) is 0 Å². The van der Waals surface area contributed by atoms with Crippen molar-refractivity contribution in [1.82, 2.24) is 25.1 Å². The molecule has 1 aliphatic rings. The molecule has 3 rings (SSSR count). The minimum Gasteiger partial charge on any atom is -0.399 e. The van der Waals surface area contributed by atoms with Gasteiger partial charge in [-0.1, -0.05) is 6.07 Å². The zero-order valence-electron chi connectivity index (χ0n) is 10.4. The van der Waals surface area contributed by atoms with E-state index in [1.54, 1.807) is 7.05 Å². The van der Waals surface area contributed by atoms with Gasteiger partial charge >= 0.3 is 0 Å². The van der Waals surface area contributed by atoms with Crippen molar-refractivity contribution in [2.45, 2.75) is 19.5 Å². The van der Waals surface area contributed by atoms with Gasteiger partial charge in [0.1, 0.15) is 0 Å². The Morgan fingerprint density at radius 2 is 2.22 bits per heavy atom. The number of aromatic nitrogens is 4. The van der Waals surface area contributed by atoms with Gasteiger partial charge in [-0.2, -0.15) is 4.80 Å². The average molecular weight is 244 g/mol. The van der Waals surface area contributed by atoms with Crippen LogP contribution in [0.25, 0.3) is 0 Å². The maximum absolute atomic E-state index is 5.83. The number of nitrogens with two attached hydrogens (primary N) is 1. The van der Waals surface area contributed by atoms with Gasteiger partial charge in [0.05, 0.1) is 13.6 Å². The molecule has 0 fully saturated rings. The fourth-order valence-electron chi connectivity index (χ4n) is 2.36. The first-order valence-corrected chi connectivity index (χ1v) is 6.03. The third-order valence-electron chi connectivity index (χ3n) is 3.24. The van der Waals surface area contributed by atoms with Gasteiger partial charge in [0, 0.05) is 18.8 Å². The molecule has 2 heterocycles. The molecule has 94 valence electrons. The number of anilines is 1. The van der Waals surface area contributed by atoms with Crippen LogP contribution >= 0.6 is 0 Å². The molecule has 0 bridgehead atoms. The second-order valence-corrected chi connectivity index (χ2v) is 4.68. The molecule has 0 aliphatic carbocycles. The van der Waals surface area contributed by atoms with Gasteiger partial charge in [-0.25, -0.2) is 0 Å². The second kappa shape index (κ2) is 4.38. The van der Waals surface area contributed by atoms with Crippen molar-refractivity contribution in [2.24, 2.45) is 7.05 Å². The van der Waals surface area contributed by atoms with E-state index in [1.807, 2.05) is 6.07 Å². The maximum Gasteiger partial charge on any atom is 0.188 e. The molecule has 1 aromatic carbocycles. The second-order valence-electron chi connectivity index (χ2n) is 4.68. The molecule has 0 spiro atoms. The van der Waals surface area contributed by atoms with E-state index in [0.717, 1.165) is 37.6 Å². The third kappa shape index (κ3) is 2.19. The molecule has 0 unspecified atom stereocenters. The van der Waals surface area contributed by atoms with Crippen molar-refractivity contribution in [1.29, 1.82) is 0 Å². The lowest BCUT2D eigenvalue weighted by atomic mass is 9.99. The van der Waals surface area contributed by atoms with Gasteiger partial charge in [0.25, 0.3) is 0 Å². The predicted molar refractivity (Wildman–Crippen MR) is 67.5 cm³/mol. The van der Waals surface area contributed by atoms with Crippen LogP contribution in [-0.2, 0) is 26.6 Å². The molecule has 6 nitrogen and oxygen atoms in total.